The van der Waals surface area contributed by atoms with Crippen molar-refractivity contribution in [3.63, 3.8) is 0 Å². The number of carbonyl (C=O) groups is 1. The van der Waals surface area contributed by atoms with Gasteiger partial charge in [0.05, 0.1) is 15.1 Å². The highest BCUT2D eigenvalue weighted by Gasteiger charge is 2.08. The van der Waals surface area contributed by atoms with Gasteiger partial charge in [-0.15, -0.1) is 22.7 Å². The van der Waals surface area contributed by atoms with Crippen LogP contribution in [0.15, 0.2) is 35.7 Å². The van der Waals surface area contributed by atoms with Gasteiger partial charge in [0.15, 0.2) is 5.78 Å². The molecule has 0 radical (unpaired) electrons. The van der Waals surface area contributed by atoms with E-state index in [1.165, 1.54) is 4.88 Å². The summed E-state index contributed by atoms with van der Waals surface area (Å²) in [5.74, 6) is 0.0953. The lowest BCUT2D eigenvalue weighted by Gasteiger charge is -1.93. The normalized spacial score (nSPS) is 10.9. The summed E-state index contributed by atoms with van der Waals surface area (Å²) in [6, 6.07) is 9.76. The Morgan fingerprint density at radius 3 is 2.88 bits per heavy atom. The second-order valence-corrected chi connectivity index (χ2v) is 5.71. The fraction of sp³-hybridized carbons (Fsp3) is 0.0769. The number of aromatic nitrogens is 1. The van der Waals surface area contributed by atoms with E-state index >= 15 is 0 Å². The van der Waals surface area contributed by atoms with Gasteiger partial charge in [0.2, 0.25) is 0 Å². The van der Waals surface area contributed by atoms with E-state index in [0.717, 1.165) is 20.8 Å². The molecule has 3 aromatic rings. The van der Waals surface area contributed by atoms with Crippen LogP contribution in [-0.2, 0) is 0 Å². The van der Waals surface area contributed by atoms with E-state index < -0.39 is 0 Å². The Balaban J connectivity index is 2.16. The third-order valence-corrected chi connectivity index (χ3v) is 4.58. The first-order chi connectivity index (χ1) is 8.24. The molecule has 0 spiro atoms. The van der Waals surface area contributed by atoms with Gasteiger partial charge in [-0.1, -0.05) is 6.07 Å². The maximum absolute atomic E-state index is 11.3. The van der Waals surface area contributed by atoms with Crippen molar-refractivity contribution in [2.75, 3.05) is 0 Å². The molecule has 3 rings (SSSR count). The van der Waals surface area contributed by atoms with Crippen molar-refractivity contribution in [1.82, 2.24) is 4.98 Å². The van der Waals surface area contributed by atoms with Gasteiger partial charge in [-0.05, 0) is 36.6 Å². The molecule has 0 aliphatic rings. The molecule has 0 N–H and O–H groups in total. The minimum absolute atomic E-state index is 0.0953. The van der Waals surface area contributed by atoms with E-state index in [-0.39, 0.29) is 5.78 Å². The van der Waals surface area contributed by atoms with Crippen LogP contribution in [0.1, 0.15) is 17.3 Å². The predicted octanol–water partition coefficient (Wildman–Crippen LogP) is 4.23. The quantitative estimate of drug-likeness (QED) is 0.645. The summed E-state index contributed by atoms with van der Waals surface area (Å²) in [5, 5.41) is 3.07. The number of hydrogen-bond donors (Lipinski definition) is 0. The molecule has 0 atom stereocenters. The smallest absolute Gasteiger partial charge is 0.159 e. The van der Waals surface area contributed by atoms with E-state index in [9.17, 15) is 4.79 Å². The molecule has 0 saturated heterocycles. The van der Waals surface area contributed by atoms with Gasteiger partial charge >= 0.3 is 0 Å². The molecule has 2 aromatic heterocycles. The topological polar surface area (TPSA) is 30.0 Å². The summed E-state index contributed by atoms with van der Waals surface area (Å²) in [7, 11) is 0. The molecule has 0 bridgehead atoms. The van der Waals surface area contributed by atoms with E-state index in [4.69, 9.17) is 0 Å². The van der Waals surface area contributed by atoms with Gasteiger partial charge in [0.25, 0.3) is 0 Å². The van der Waals surface area contributed by atoms with Crippen LogP contribution in [0.3, 0.4) is 0 Å². The van der Waals surface area contributed by atoms with Crippen LogP contribution in [0.25, 0.3) is 20.1 Å². The Labute approximate surface area is 107 Å². The molecule has 84 valence electrons. The average Bonchev–Trinajstić information content (AvgIpc) is 2.96. The van der Waals surface area contributed by atoms with Crippen LogP contribution in [0.2, 0.25) is 0 Å². The lowest BCUT2D eigenvalue weighted by molar-refractivity contribution is 0.101. The Kier molecular flexibility index (Phi) is 2.53. The van der Waals surface area contributed by atoms with Crippen LogP contribution in [0.4, 0.5) is 0 Å². The maximum atomic E-state index is 11.3. The molecule has 0 fully saturated rings. The number of rotatable bonds is 2. The molecule has 0 saturated carbocycles. The standard InChI is InChI=1S/C13H9NOS2/c1-8(15)9-4-5-10-12(7-9)17-13(14-10)11-3-2-6-16-11/h2-7H,1H3. The van der Waals surface area contributed by atoms with Crippen molar-refractivity contribution in [2.45, 2.75) is 6.92 Å². The Morgan fingerprint density at radius 1 is 1.29 bits per heavy atom. The molecule has 4 heteroatoms. The van der Waals surface area contributed by atoms with Gasteiger partial charge in [-0.2, -0.15) is 0 Å². The summed E-state index contributed by atoms with van der Waals surface area (Å²) < 4.78 is 1.07. The number of hydrogen-bond acceptors (Lipinski definition) is 4. The average molecular weight is 259 g/mol. The highest BCUT2D eigenvalue weighted by atomic mass is 32.1. The summed E-state index contributed by atoms with van der Waals surface area (Å²) in [5.41, 5.74) is 1.71. The zero-order valence-electron chi connectivity index (χ0n) is 9.14. The first-order valence-electron chi connectivity index (χ1n) is 5.19. The van der Waals surface area contributed by atoms with Crippen molar-refractivity contribution >= 4 is 38.7 Å². The molecule has 1 aromatic carbocycles. The van der Waals surface area contributed by atoms with Crippen LogP contribution in [0, 0.1) is 0 Å². The van der Waals surface area contributed by atoms with Gasteiger partial charge < -0.3 is 0 Å². The number of benzene rings is 1. The number of Topliss-reactive ketones (excluding diaryl/α,β-unsaturated/α-hetero) is 1. The summed E-state index contributed by atoms with van der Waals surface area (Å²) >= 11 is 3.32. The van der Waals surface area contributed by atoms with Gasteiger partial charge in [0.1, 0.15) is 5.01 Å². The third-order valence-electron chi connectivity index (χ3n) is 2.53. The van der Waals surface area contributed by atoms with Gasteiger partial charge in [-0.25, -0.2) is 4.98 Å². The molecule has 2 nitrogen and oxygen atoms in total. The number of ketones is 1. The summed E-state index contributed by atoms with van der Waals surface area (Å²) in [6.07, 6.45) is 0. The van der Waals surface area contributed by atoms with E-state index in [0.29, 0.717) is 0 Å². The van der Waals surface area contributed by atoms with Crippen molar-refractivity contribution in [1.29, 1.82) is 0 Å². The summed E-state index contributed by atoms with van der Waals surface area (Å²) in [6.45, 7) is 1.59. The van der Waals surface area contributed by atoms with Crippen molar-refractivity contribution in [3.8, 4) is 9.88 Å². The predicted molar refractivity (Wildman–Crippen MR) is 72.9 cm³/mol. The van der Waals surface area contributed by atoms with Crippen molar-refractivity contribution in [2.24, 2.45) is 0 Å². The molecular weight excluding hydrogens is 250 g/mol. The SMILES string of the molecule is CC(=O)c1ccc2nc(-c3cccs3)sc2c1. The number of carbonyl (C=O) groups excluding carboxylic acids is 1. The van der Waals surface area contributed by atoms with Crippen molar-refractivity contribution < 1.29 is 4.79 Å². The highest BCUT2D eigenvalue weighted by Crippen LogP contribution is 2.33. The molecule has 0 aliphatic carbocycles. The van der Waals surface area contributed by atoms with Crippen molar-refractivity contribution in [3.05, 3.63) is 41.3 Å². The second kappa shape index (κ2) is 4.05. The number of thiazole rings is 1. The lowest BCUT2D eigenvalue weighted by atomic mass is 10.1. The third kappa shape index (κ3) is 1.90. The zero-order valence-corrected chi connectivity index (χ0v) is 10.8. The Bertz CT molecular complexity index is 683. The molecular formula is C13H9NOS2. The van der Waals surface area contributed by atoms with E-state index in [2.05, 4.69) is 11.1 Å². The molecule has 0 aliphatic heterocycles. The summed E-state index contributed by atoms with van der Waals surface area (Å²) in [4.78, 5) is 17.1. The van der Waals surface area contributed by atoms with Crippen LogP contribution in [0.5, 0.6) is 0 Å². The molecule has 17 heavy (non-hydrogen) atoms. The lowest BCUT2D eigenvalue weighted by Crippen LogP contribution is -1.89. The molecule has 2 heterocycles. The monoisotopic (exact) mass is 259 g/mol. The van der Waals surface area contributed by atoms with Crippen LogP contribution in [-0.4, -0.2) is 10.8 Å². The minimum atomic E-state index is 0.0953. The number of nitrogens with zero attached hydrogens (tertiary/aromatic N) is 1. The first kappa shape index (κ1) is 10.6. The first-order valence-corrected chi connectivity index (χ1v) is 6.89. The maximum Gasteiger partial charge on any atom is 0.159 e. The van der Waals surface area contributed by atoms with E-state index in [1.54, 1.807) is 29.6 Å². The van der Waals surface area contributed by atoms with E-state index in [1.807, 2.05) is 29.6 Å². The van der Waals surface area contributed by atoms with Crippen LogP contribution >= 0.6 is 22.7 Å². The fourth-order valence-corrected chi connectivity index (χ4v) is 3.45. The second-order valence-electron chi connectivity index (χ2n) is 3.74. The van der Waals surface area contributed by atoms with Gasteiger partial charge in [0, 0.05) is 5.56 Å². The highest BCUT2D eigenvalue weighted by molar-refractivity contribution is 7.25. The number of fused-ring (bicyclic) bond motifs is 1. The molecule has 0 unspecified atom stereocenters. The Hall–Kier alpha value is -1.52. The zero-order chi connectivity index (χ0) is 11.8. The molecule has 0 amide bonds. The number of thiophene rings is 1. The van der Waals surface area contributed by atoms with Gasteiger partial charge in [-0.3, -0.25) is 4.79 Å². The largest absolute Gasteiger partial charge is 0.295 e. The Morgan fingerprint density at radius 2 is 2.18 bits per heavy atom. The fourth-order valence-electron chi connectivity index (χ4n) is 1.65. The van der Waals surface area contributed by atoms with Crippen LogP contribution < -0.4 is 0 Å². The minimum Gasteiger partial charge on any atom is -0.295 e.